The van der Waals surface area contributed by atoms with E-state index in [1.165, 1.54) is 12.8 Å². The third-order valence-electron chi connectivity index (χ3n) is 4.87. The van der Waals surface area contributed by atoms with Crippen LogP contribution in [0.2, 0.25) is 0 Å². The summed E-state index contributed by atoms with van der Waals surface area (Å²) in [5.41, 5.74) is 1.00. The van der Waals surface area contributed by atoms with Crippen molar-refractivity contribution in [3.8, 4) is 0 Å². The molecule has 0 spiro atoms. The fraction of sp³-hybridized carbons (Fsp3) is 0.526. The van der Waals surface area contributed by atoms with Gasteiger partial charge in [-0.15, -0.1) is 0 Å². The summed E-state index contributed by atoms with van der Waals surface area (Å²) in [6.45, 7) is 1.76. The van der Waals surface area contributed by atoms with Crippen LogP contribution in [-0.4, -0.2) is 34.2 Å². The molecule has 1 atom stereocenters. The molecular formula is C19H23N3O3. The Labute approximate surface area is 147 Å². The first kappa shape index (κ1) is 16.1. The number of carbonyl (C=O) groups excluding carboxylic acids is 1. The summed E-state index contributed by atoms with van der Waals surface area (Å²) < 4.78 is 10.8. The smallest absolute Gasteiger partial charge is 0.410 e. The molecule has 0 radical (unpaired) electrons. The second-order valence-electron chi connectivity index (χ2n) is 7.02. The predicted octanol–water partition coefficient (Wildman–Crippen LogP) is 3.54. The summed E-state index contributed by atoms with van der Waals surface area (Å²) >= 11 is 0. The van der Waals surface area contributed by atoms with E-state index in [0.29, 0.717) is 30.9 Å². The number of carbonyl (C=O) groups is 1. The van der Waals surface area contributed by atoms with E-state index in [0.717, 1.165) is 37.2 Å². The molecule has 2 aliphatic rings. The minimum atomic E-state index is -0.238. The maximum atomic E-state index is 12.3. The predicted molar refractivity (Wildman–Crippen MR) is 90.9 cm³/mol. The Morgan fingerprint density at radius 3 is 2.88 bits per heavy atom. The van der Waals surface area contributed by atoms with Gasteiger partial charge in [0.25, 0.3) is 0 Å². The van der Waals surface area contributed by atoms with Gasteiger partial charge < -0.3 is 14.2 Å². The second kappa shape index (κ2) is 7.25. The molecule has 4 rings (SSSR count). The highest BCUT2D eigenvalue weighted by molar-refractivity contribution is 5.67. The van der Waals surface area contributed by atoms with Crippen LogP contribution in [0, 0.1) is 5.92 Å². The molecule has 2 aromatic rings. The van der Waals surface area contributed by atoms with E-state index in [1.54, 1.807) is 4.90 Å². The fourth-order valence-electron chi connectivity index (χ4n) is 3.31. The molecule has 2 fully saturated rings. The van der Waals surface area contributed by atoms with Gasteiger partial charge in [-0.25, -0.2) is 4.79 Å². The van der Waals surface area contributed by atoms with Crippen LogP contribution in [0.3, 0.4) is 0 Å². The van der Waals surface area contributed by atoms with E-state index in [2.05, 4.69) is 10.1 Å². The maximum absolute atomic E-state index is 12.3. The van der Waals surface area contributed by atoms with Gasteiger partial charge in [-0.05, 0) is 37.2 Å². The highest BCUT2D eigenvalue weighted by Crippen LogP contribution is 2.38. The third-order valence-corrected chi connectivity index (χ3v) is 4.87. The Hall–Kier alpha value is -2.37. The number of piperidine rings is 1. The molecule has 6 nitrogen and oxygen atoms in total. The third kappa shape index (κ3) is 4.18. The highest BCUT2D eigenvalue weighted by Gasteiger charge is 2.30. The number of likely N-dealkylation sites (tertiary alicyclic amines) is 1. The largest absolute Gasteiger partial charge is 0.445 e. The number of aromatic nitrogens is 2. The van der Waals surface area contributed by atoms with Gasteiger partial charge in [0.2, 0.25) is 5.89 Å². The lowest BCUT2D eigenvalue weighted by atomic mass is 9.95. The van der Waals surface area contributed by atoms with Crippen LogP contribution in [-0.2, 0) is 17.8 Å². The summed E-state index contributed by atoms with van der Waals surface area (Å²) in [4.78, 5) is 18.6. The Bertz CT molecular complexity index is 712. The summed E-state index contributed by atoms with van der Waals surface area (Å²) in [6, 6.07) is 9.76. The summed E-state index contributed by atoms with van der Waals surface area (Å²) in [5, 5.41) is 4.07. The quantitative estimate of drug-likeness (QED) is 0.832. The van der Waals surface area contributed by atoms with Crippen molar-refractivity contribution < 1.29 is 14.1 Å². The number of amides is 1. The topological polar surface area (TPSA) is 68.5 Å². The van der Waals surface area contributed by atoms with E-state index in [-0.39, 0.29) is 6.09 Å². The SMILES string of the molecule is O=C(OCc1ccccc1)N1CCC[C@H](Cc2nc(C3CC3)no2)C1. The maximum Gasteiger partial charge on any atom is 0.410 e. The summed E-state index contributed by atoms with van der Waals surface area (Å²) in [6.07, 6.45) is 4.89. The first-order valence-corrected chi connectivity index (χ1v) is 9.06. The molecule has 1 aromatic carbocycles. The van der Waals surface area contributed by atoms with Crippen molar-refractivity contribution in [1.29, 1.82) is 0 Å². The highest BCUT2D eigenvalue weighted by atomic mass is 16.6. The zero-order valence-corrected chi connectivity index (χ0v) is 14.3. The molecule has 0 bridgehead atoms. The average Bonchev–Trinajstić information content (AvgIpc) is 3.40. The normalized spacial score (nSPS) is 20.5. The Morgan fingerprint density at radius 2 is 2.08 bits per heavy atom. The van der Waals surface area contributed by atoms with Crippen LogP contribution < -0.4 is 0 Å². The molecule has 25 heavy (non-hydrogen) atoms. The number of benzene rings is 1. The molecule has 1 aliphatic carbocycles. The zero-order valence-electron chi connectivity index (χ0n) is 14.3. The zero-order chi connectivity index (χ0) is 17.1. The Kier molecular flexibility index (Phi) is 4.68. The van der Waals surface area contributed by atoms with Crippen molar-refractivity contribution in [2.45, 2.75) is 44.6 Å². The van der Waals surface area contributed by atoms with Crippen molar-refractivity contribution in [2.24, 2.45) is 5.92 Å². The number of nitrogens with zero attached hydrogens (tertiary/aromatic N) is 3. The van der Waals surface area contributed by atoms with Gasteiger partial charge in [0.15, 0.2) is 5.82 Å². The summed E-state index contributed by atoms with van der Waals surface area (Å²) in [5.74, 6) is 2.41. The molecule has 1 amide bonds. The van der Waals surface area contributed by atoms with Crippen molar-refractivity contribution in [3.63, 3.8) is 0 Å². The molecule has 132 valence electrons. The molecule has 1 saturated heterocycles. The first-order chi connectivity index (χ1) is 12.3. The minimum Gasteiger partial charge on any atom is -0.445 e. The van der Waals surface area contributed by atoms with E-state index < -0.39 is 0 Å². The van der Waals surface area contributed by atoms with Gasteiger partial charge in [0.05, 0.1) is 0 Å². The monoisotopic (exact) mass is 341 g/mol. The standard InChI is InChI=1S/C19H23N3O3/c23-19(24-13-14-5-2-1-3-6-14)22-10-4-7-15(12-22)11-17-20-18(21-25-17)16-8-9-16/h1-3,5-6,15-16H,4,7-13H2/t15-/m1/s1. The van der Waals surface area contributed by atoms with Gasteiger partial charge in [-0.1, -0.05) is 35.5 Å². The van der Waals surface area contributed by atoms with Crippen LogP contribution in [0.25, 0.3) is 0 Å². The molecule has 0 N–H and O–H groups in total. The molecule has 2 heterocycles. The van der Waals surface area contributed by atoms with Crippen LogP contribution in [0.5, 0.6) is 0 Å². The molecule has 1 aliphatic heterocycles. The lowest BCUT2D eigenvalue weighted by Gasteiger charge is -2.31. The van der Waals surface area contributed by atoms with Gasteiger partial charge in [0, 0.05) is 25.4 Å². The minimum absolute atomic E-state index is 0.238. The average molecular weight is 341 g/mol. The van der Waals surface area contributed by atoms with Crippen LogP contribution in [0.4, 0.5) is 4.79 Å². The molecule has 1 saturated carbocycles. The Morgan fingerprint density at radius 1 is 1.24 bits per heavy atom. The van der Waals surface area contributed by atoms with Crippen molar-refractivity contribution >= 4 is 6.09 Å². The van der Waals surface area contributed by atoms with Crippen LogP contribution >= 0.6 is 0 Å². The fourth-order valence-corrected chi connectivity index (χ4v) is 3.31. The summed E-state index contributed by atoms with van der Waals surface area (Å²) in [7, 11) is 0. The second-order valence-corrected chi connectivity index (χ2v) is 7.02. The van der Waals surface area contributed by atoms with E-state index in [1.807, 2.05) is 30.3 Å². The number of hydrogen-bond acceptors (Lipinski definition) is 5. The van der Waals surface area contributed by atoms with Crippen LogP contribution in [0.15, 0.2) is 34.9 Å². The molecule has 0 unspecified atom stereocenters. The van der Waals surface area contributed by atoms with Gasteiger partial charge in [-0.3, -0.25) is 0 Å². The van der Waals surface area contributed by atoms with Crippen LogP contribution in [0.1, 0.15) is 48.9 Å². The number of ether oxygens (including phenoxy) is 1. The van der Waals surface area contributed by atoms with E-state index >= 15 is 0 Å². The van der Waals surface area contributed by atoms with E-state index in [9.17, 15) is 4.79 Å². The molecule has 1 aromatic heterocycles. The number of rotatable bonds is 5. The lowest BCUT2D eigenvalue weighted by Crippen LogP contribution is -2.40. The van der Waals surface area contributed by atoms with Crippen molar-refractivity contribution in [1.82, 2.24) is 15.0 Å². The Balaban J connectivity index is 1.28. The van der Waals surface area contributed by atoms with Gasteiger partial charge in [-0.2, -0.15) is 4.98 Å². The van der Waals surface area contributed by atoms with Crippen molar-refractivity contribution in [2.75, 3.05) is 13.1 Å². The molecular weight excluding hydrogens is 318 g/mol. The van der Waals surface area contributed by atoms with Crippen molar-refractivity contribution in [3.05, 3.63) is 47.6 Å². The van der Waals surface area contributed by atoms with E-state index in [4.69, 9.17) is 9.26 Å². The van der Waals surface area contributed by atoms with Gasteiger partial charge in [0.1, 0.15) is 6.61 Å². The van der Waals surface area contributed by atoms with Gasteiger partial charge >= 0.3 is 6.09 Å². The lowest BCUT2D eigenvalue weighted by molar-refractivity contribution is 0.0780. The number of hydrogen-bond donors (Lipinski definition) is 0. The first-order valence-electron chi connectivity index (χ1n) is 9.06. The molecule has 6 heteroatoms.